The van der Waals surface area contributed by atoms with Crippen molar-refractivity contribution < 1.29 is 14.3 Å². The van der Waals surface area contributed by atoms with Crippen molar-refractivity contribution in [2.24, 2.45) is 5.92 Å². The molecular formula is C17H21NO3. The van der Waals surface area contributed by atoms with Gasteiger partial charge in [0.05, 0.1) is 6.04 Å². The summed E-state index contributed by atoms with van der Waals surface area (Å²) >= 11 is 0. The van der Waals surface area contributed by atoms with Crippen molar-refractivity contribution in [2.45, 2.75) is 50.8 Å². The molecule has 0 aromatic heterocycles. The minimum Gasteiger partial charge on any atom is -0.445 e. The lowest BCUT2D eigenvalue weighted by molar-refractivity contribution is -0.111. The molecule has 0 N–H and O–H groups in total. The molecule has 1 saturated carbocycles. The number of fused-ring (bicyclic) bond motifs is 1. The molecule has 1 saturated heterocycles. The molecule has 1 aliphatic carbocycles. The molecule has 0 radical (unpaired) electrons. The van der Waals surface area contributed by atoms with E-state index in [-0.39, 0.29) is 24.8 Å². The van der Waals surface area contributed by atoms with Crippen LogP contribution in [0.3, 0.4) is 0 Å². The zero-order valence-corrected chi connectivity index (χ0v) is 12.1. The Bertz CT molecular complexity index is 502. The third kappa shape index (κ3) is 2.94. The molecule has 112 valence electrons. The van der Waals surface area contributed by atoms with Gasteiger partial charge in [-0.2, -0.15) is 0 Å². The standard InChI is InChI=1S/C17H21NO3/c19-11-15-10-14-8-4-5-9-16(14)18(15)17(20)21-12-13-6-2-1-3-7-13/h1-3,6-7,11,14-16H,4-5,8-10,12H2/t14-,15-,16-/m0/s1. The molecule has 1 amide bonds. The number of amides is 1. The van der Waals surface area contributed by atoms with Gasteiger partial charge in [-0.25, -0.2) is 4.79 Å². The molecule has 2 fully saturated rings. The maximum Gasteiger partial charge on any atom is 0.410 e. The third-order valence-electron chi connectivity index (χ3n) is 4.70. The van der Waals surface area contributed by atoms with Crippen LogP contribution in [0.5, 0.6) is 0 Å². The van der Waals surface area contributed by atoms with Crippen LogP contribution < -0.4 is 0 Å². The van der Waals surface area contributed by atoms with Gasteiger partial charge >= 0.3 is 6.09 Å². The molecule has 1 heterocycles. The highest BCUT2D eigenvalue weighted by Gasteiger charge is 2.45. The summed E-state index contributed by atoms with van der Waals surface area (Å²) < 4.78 is 5.42. The third-order valence-corrected chi connectivity index (χ3v) is 4.70. The number of aldehydes is 1. The van der Waals surface area contributed by atoms with Crippen LogP contribution in [0.2, 0.25) is 0 Å². The second-order valence-electron chi connectivity index (χ2n) is 6.00. The predicted octanol–water partition coefficient (Wildman–Crippen LogP) is 3.16. The number of hydrogen-bond acceptors (Lipinski definition) is 3. The van der Waals surface area contributed by atoms with Crippen molar-refractivity contribution in [3.8, 4) is 0 Å². The van der Waals surface area contributed by atoms with Crippen molar-refractivity contribution in [1.82, 2.24) is 4.90 Å². The summed E-state index contributed by atoms with van der Waals surface area (Å²) in [6.07, 6.45) is 5.82. The van der Waals surface area contributed by atoms with Crippen molar-refractivity contribution in [2.75, 3.05) is 0 Å². The molecule has 1 aromatic rings. The van der Waals surface area contributed by atoms with Crippen molar-refractivity contribution in [1.29, 1.82) is 0 Å². The second-order valence-corrected chi connectivity index (χ2v) is 6.00. The highest BCUT2D eigenvalue weighted by Crippen LogP contribution is 2.39. The maximum atomic E-state index is 12.4. The number of carbonyl (C=O) groups is 2. The van der Waals surface area contributed by atoms with Crippen molar-refractivity contribution in [3.63, 3.8) is 0 Å². The fraction of sp³-hybridized carbons (Fsp3) is 0.529. The first-order chi connectivity index (χ1) is 10.3. The van der Waals surface area contributed by atoms with Gasteiger partial charge in [-0.05, 0) is 30.7 Å². The van der Waals surface area contributed by atoms with E-state index >= 15 is 0 Å². The largest absolute Gasteiger partial charge is 0.445 e. The lowest BCUT2D eigenvalue weighted by Gasteiger charge is -2.32. The summed E-state index contributed by atoms with van der Waals surface area (Å²) in [6, 6.07) is 9.52. The SMILES string of the molecule is O=C[C@@H]1C[C@@H]2CCCC[C@@H]2N1C(=O)OCc1ccccc1. The Labute approximate surface area is 125 Å². The lowest BCUT2D eigenvalue weighted by Crippen LogP contribution is -2.44. The van der Waals surface area contributed by atoms with E-state index in [1.54, 1.807) is 4.90 Å². The quantitative estimate of drug-likeness (QED) is 0.802. The Morgan fingerprint density at radius 2 is 2.00 bits per heavy atom. The number of carbonyl (C=O) groups excluding carboxylic acids is 2. The number of likely N-dealkylation sites (tertiary alicyclic amines) is 1. The number of hydrogen-bond donors (Lipinski definition) is 0. The monoisotopic (exact) mass is 287 g/mol. The van der Waals surface area contributed by atoms with E-state index in [1.807, 2.05) is 30.3 Å². The topological polar surface area (TPSA) is 46.6 Å². The Hall–Kier alpha value is -1.84. The number of benzene rings is 1. The van der Waals surface area contributed by atoms with E-state index in [1.165, 1.54) is 6.42 Å². The van der Waals surface area contributed by atoms with Gasteiger partial charge < -0.3 is 9.53 Å². The molecule has 4 heteroatoms. The minimum atomic E-state index is -0.342. The van der Waals surface area contributed by atoms with Gasteiger partial charge in [0, 0.05) is 6.04 Å². The average Bonchev–Trinajstić information content (AvgIpc) is 2.92. The lowest BCUT2D eigenvalue weighted by atomic mass is 9.85. The molecule has 21 heavy (non-hydrogen) atoms. The first-order valence-corrected chi connectivity index (χ1v) is 7.74. The average molecular weight is 287 g/mol. The first kappa shape index (κ1) is 14.1. The summed E-state index contributed by atoms with van der Waals surface area (Å²) in [5, 5.41) is 0. The van der Waals surface area contributed by atoms with Gasteiger partial charge in [0.15, 0.2) is 0 Å². The Balaban J connectivity index is 1.65. The second kappa shape index (κ2) is 6.29. The van der Waals surface area contributed by atoms with Crippen molar-refractivity contribution in [3.05, 3.63) is 35.9 Å². The molecule has 4 nitrogen and oxygen atoms in total. The van der Waals surface area contributed by atoms with E-state index in [9.17, 15) is 9.59 Å². The van der Waals surface area contributed by atoms with Crippen LogP contribution in [-0.2, 0) is 16.1 Å². The fourth-order valence-electron chi connectivity index (χ4n) is 3.68. The molecule has 2 aliphatic rings. The summed E-state index contributed by atoms with van der Waals surface area (Å²) in [5.41, 5.74) is 0.966. The zero-order chi connectivity index (χ0) is 14.7. The van der Waals surface area contributed by atoms with Gasteiger partial charge in [-0.15, -0.1) is 0 Å². The van der Waals surface area contributed by atoms with Crippen LogP contribution in [0.15, 0.2) is 30.3 Å². The Morgan fingerprint density at radius 1 is 1.24 bits per heavy atom. The zero-order valence-electron chi connectivity index (χ0n) is 12.1. The molecule has 3 rings (SSSR count). The van der Waals surface area contributed by atoms with Gasteiger partial charge in [0.25, 0.3) is 0 Å². The van der Waals surface area contributed by atoms with Crippen LogP contribution in [-0.4, -0.2) is 29.4 Å². The van der Waals surface area contributed by atoms with E-state index in [0.717, 1.165) is 37.5 Å². The van der Waals surface area contributed by atoms with Gasteiger partial charge in [0.1, 0.15) is 12.9 Å². The highest BCUT2D eigenvalue weighted by atomic mass is 16.6. The summed E-state index contributed by atoms with van der Waals surface area (Å²) in [7, 11) is 0. The molecule has 0 bridgehead atoms. The first-order valence-electron chi connectivity index (χ1n) is 7.74. The van der Waals surface area contributed by atoms with Crippen LogP contribution in [0.25, 0.3) is 0 Å². The summed E-state index contributed by atoms with van der Waals surface area (Å²) in [4.78, 5) is 25.4. The molecule has 1 aromatic carbocycles. The minimum absolute atomic E-state index is 0.192. The summed E-state index contributed by atoms with van der Waals surface area (Å²) in [6.45, 7) is 0.263. The summed E-state index contributed by atoms with van der Waals surface area (Å²) in [5.74, 6) is 0.471. The smallest absolute Gasteiger partial charge is 0.410 e. The Morgan fingerprint density at radius 3 is 2.76 bits per heavy atom. The number of ether oxygens (including phenoxy) is 1. The van der Waals surface area contributed by atoms with Crippen LogP contribution >= 0.6 is 0 Å². The van der Waals surface area contributed by atoms with Crippen LogP contribution in [0.4, 0.5) is 4.79 Å². The van der Waals surface area contributed by atoms with E-state index in [2.05, 4.69) is 0 Å². The predicted molar refractivity (Wildman–Crippen MR) is 78.7 cm³/mol. The number of nitrogens with zero attached hydrogens (tertiary/aromatic N) is 1. The van der Waals surface area contributed by atoms with Crippen LogP contribution in [0.1, 0.15) is 37.7 Å². The maximum absolute atomic E-state index is 12.4. The van der Waals surface area contributed by atoms with E-state index < -0.39 is 0 Å². The molecule has 0 spiro atoms. The normalized spacial score (nSPS) is 28.0. The van der Waals surface area contributed by atoms with Gasteiger partial charge in [0.2, 0.25) is 0 Å². The van der Waals surface area contributed by atoms with Crippen LogP contribution in [0, 0.1) is 5.92 Å². The molecular weight excluding hydrogens is 266 g/mol. The number of rotatable bonds is 3. The van der Waals surface area contributed by atoms with Crippen molar-refractivity contribution >= 4 is 12.4 Å². The highest BCUT2D eigenvalue weighted by molar-refractivity contribution is 5.75. The van der Waals surface area contributed by atoms with Gasteiger partial charge in [-0.3, -0.25) is 4.90 Å². The fourth-order valence-corrected chi connectivity index (χ4v) is 3.68. The van der Waals surface area contributed by atoms with E-state index in [4.69, 9.17) is 4.74 Å². The molecule has 0 unspecified atom stereocenters. The molecule has 1 aliphatic heterocycles. The Kier molecular flexibility index (Phi) is 4.23. The van der Waals surface area contributed by atoms with E-state index in [0.29, 0.717) is 5.92 Å². The van der Waals surface area contributed by atoms with Gasteiger partial charge in [-0.1, -0.05) is 43.2 Å². The molecule has 3 atom stereocenters.